The van der Waals surface area contributed by atoms with Gasteiger partial charge in [-0.15, -0.1) is 0 Å². The lowest BCUT2D eigenvalue weighted by Gasteiger charge is -2.55. The number of rotatable bonds is 1. The first kappa shape index (κ1) is 12.5. The highest BCUT2D eigenvalue weighted by molar-refractivity contribution is 5.84. The second-order valence-corrected chi connectivity index (χ2v) is 5.91. The van der Waals surface area contributed by atoms with E-state index >= 15 is 0 Å². The Hall–Kier alpha value is -0.610. The summed E-state index contributed by atoms with van der Waals surface area (Å²) in [6.07, 6.45) is -0.260. The first-order valence-electron chi connectivity index (χ1n) is 5.21. The van der Waals surface area contributed by atoms with Crippen molar-refractivity contribution >= 4 is 5.97 Å². The average Bonchev–Trinajstić information content (AvgIpc) is 2.00. The zero-order chi connectivity index (χ0) is 12.1. The highest BCUT2D eigenvalue weighted by Crippen LogP contribution is 2.48. The Bertz CT molecular complexity index is 280. The number of carbonyl (C=O) groups excluding carboxylic acids is 1. The minimum absolute atomic E-state index is 0.273. The van der Waals surface area contributed by atoms with Crippen molar-refractivity contribution < 1.29 is 14.6 Å². The molecule has 1 aliphatic carbocycles. The van der Waals surface area contributed by atoms with Gasteiger partial charge in [-0.05, 0) is 20.8 Å². The van der Waals surface area contributed by atoms with Crippen molar-refractivity contribution in [3.05, 3.63) is 0 Å². The van der Waals surface area contributed by atoms with Crippen LogP contribution in [0.4, 0.5) is 0 Å². The molecule has 1 fully saturated rings. The third-order valence-electron chi connectivity index (χ3n) is 3.26. The van der Waals surface area contributed by atoms with Crippen LogP contribution < -0.4 is 5.73 Å². The number of carbonyl (C=O) groups is 1. The van der Waals surface area contributed by atoms with E-state index in [0.717, 1.165) is 0 Å². The van der Waals surface area contributed by atoms with Gasteiger partial charge in [0, 0.05) is 11.8 Å². The molecule has 1 rings (SSSR count). The number of esters is 1. The molecule has 0 aliphatic heterocycles. The molecule has 1 saturated carbocycles. The summed E-state index contributed by atoms with van der Waals surface area (Å²) in [5.74, 6) is -0.426. The first-order valence-corrected chi connectivity index (χ1v) is 5.21. The molecule has 0 aromatic rings. The fourth-order valence-electron chi connectivity index (χ4n) is 1.70. The molecule has 4 heteroatoms. The van der Waals surface area contributed by atoms with Crippen molar-refractivity contribution in [2.45, 2.75) is 58.3 Å². The lowest BCUT2D eigenvalue weighted by Crippen LogP contribution is -2.73. The number of ether oxygens (including phenoxy) is 1. The molecule has 0 heterocycles. The maximum absolute atomic E-state index is 11.9. The van der Waals surface area contributed by atoms with E-state index in [1.165, 1.54) is 0 Å². The molecule has 1 aliphatic rings. The molecule has 0 aromatic carbocycles. The molecule has 0 radical (unpaired) electrons. The van der Waals surface area contributed by atoms with Crippen LogP contribution in [0.5, 0.6) is 0 Å². The Morgan fingerprint density at radius 3 is 2.20 bits per heavy atom. The second-order valence-electron chi connectivity index (χ2n) is 5.91. The molecule has 88 valence electrons. The number of hydrogen-bond donors (Lipinski definition) is 2. The van der Waals surface area contributed by atoms with Gasteiger partial charge in [-0.25, -0.2) is 0 Å². The topological polar surface area (TPSA) is 72.5 Å². The van der Waals surface area contributed by atoms with Gasteiger partial charge in [-0.2, -0.15) is 0 Å². The van der Waals surface area contributed by atoms with Gasteiger partial charge < -0.3 is 15.6 Å². The molecule has 0 unspecified atom stereocenters. The van der Waals surface area contributed by atoms with Gasteiger partial charge in [0.2, 0.25) is 0 Å². The predicted octanol–water partition coefficient (Wildman–Crippen LogP) is 0.816. The van der Waals surface area contributed by atoms with E-state index in [2.05, 4.69) is 0 Å². The molecular formula is C11H21NO3. The highest BCUT2D eigenvalue weighted by atomic mass is 16.6. The summed E-state index contributed by atoms with van der Waals surface area (Å²) in [5, 5.41) is 9.57. The van der Waals surface area contributed by atoms with Gasteiger partial charge in [-0.1, -0.05) is 13.8 Å². The number of aliphatic hydroxyl groups is 1. The quantitative estimate of drug-likeness (QED) is 0.635. The average molecular weight is 215 g/mol. The maximum Gasteiger partial charge on any atom is 0.327 e. The van der Waals surface area contributed by atoms with Crippen LogP contribution in [0, 0.1) is 5.41 Å². The van der Waals surface area contributed by atoms with Crippen LogP contribution in [0.25, 0.3) is 0 Å². The largest absolute Gasteiger partial charge is 0.459 e. The minimum Gasteiger partial charge on any atom is -0.459 e. The van der Waals surface area contributed by atoms with Crippen molar-refractivity contribution in [2.24, 2.45) is 11.1 Å². The fourth-order valence-corrected chi connectivity index (χ4v) is 1.70. The SMILES string of the molecule is CC(C)(C)OC(=O)[C@@]1(N)C[C@H](O)C1(C)C. The standard InChI is InChI=1S/C11H21NO3/c1-9(2,3)15-8(14)11(12)6-7(13)10(11,4)5/h7,13H,6,12H2,1-5H3/t7-,11-/m0/s1. The van der Waals surface area contributed by atoms with E-state index in [9.17, 15) is 9.90 Å². The first-order chi connectivity index (χ1) is 6.51. The molecule has 0 saturated heterocycles. The van der Waals surface area contributed by atoms with Crippen LogP contribution in [0.3, 0.4) is 0 Å². The van der Waals surface area contributed by atoms with Crippen molar-refractivity contribution in [3.63, 3.8) is 0 Å². The molecule has 0 aromatic heterocycles. The van der Waals surface area contributed by atoms with Crippen LogP contribution in [-0.2, 0) is 9.53 Å². The van der Waals surface area contributed by atoms with Crippen LogP contribution in [-0.4, -0.2) is 28.3 Å². The van der Waals surface area contributed by atoms with Gasteiger partial charge >= 0.3 is 5.97 Å². The fraction of sp³-hybridized carbons (Fsp3) is 0.909. The molecule has 0 bridgehead atoms. The maximum atomic E-state index is 11.9. The van der Waals surface area contributed by atoms with E-state index in [1.54, 1.807) is 34.6 Å². The van der Waals surface area contributed by atoms with Gasteiger partial charge in [-0.3, -0.25) is 4.79 Å². The second kappa shape index (κ2) is 3.19. The third kappa shape index (κ3) is 1.88. The summed E-state index contributed by atoms with van der Waals surface area (Å²) in [4.78, 5) is 11.9. The molecular weight excluding hydrogens is 194 g/mol. The van der Waals surface area contributed by atoms with Crippen LogP contribution in [0.2, 0.25) is 0 Å². The zero-order valence-corrected chi connectivity index (χ0v) is 10.1. The zero-order valence-electron chi connectivity index (χ0n) is 10.1. The Kier molecular flexibility index (Phi) is 2.65. The monoisotopic (exact) mass is 215 g/mol. The Morgan fingerprint density at radius 1 is 1.47 bits per heavy atom. The van der Waals surface area contributed by atoms with Gasteiger partial charge in [0.15, 0.2) is 0 Å². The number of hydrogen-bond acceptors (Lipinski definition) is 4. The van der Waals surface area contributed by atoms with Gasteiger partial charge in [0.05, 0.1) is 6.10 Å². The van der Waals surface area contributed by atoms with E-state index in [1.807, 2.05) is 0 Å². The van der Waals surface area contributed by atoms with Gasteiger partial charge in [0.1, 0.15) is 11.1 Å². The summed E-state index contributed by atoms with van der Waals surface area (Å²) >= 11 is 0. The molecule has 0 amide bonds. The smallest absolute Gasteiger partial charge is 0.327 e. The van der Waals surface area contributed by atoms with Crippen molar-refractivity contribution in [1.82, 2.24) is 0 Å². The highest BCUT2D eigenvalue weighted by Gasteiger charge is 2.63. The van der Waals surface area contributed by atoms with Crippen LogP contribution in [0.15, 0.2) is 0 Å². The summed E-state index contributed by atoms with van der Waals surface area (Å²) in [5.41, 5.74) is 3.77. The van der Waals surface area contributed by atoms with Crippen molar-refractivity contribution in [1.29, 1.82) is 0 Å². The van der Waals surface area contributed by atoms with E-state index < -0.39 is 28.6 Å². The summed E-state index contributed by atoms with van der Waals surface area (Å²) in [6.45, 7) is 8.97. The minimum atomic E-state index is -1.06. The van der Waals surface area contributed by atoms with E-state index in [4.69, 9.17) is 10.5 Å². The lowest BCUT2D eigenvalue weighted by atomic mass is 9.55. The molecule has 3 N–H and O–H groups in total. The van der Waals surface area contributed by atoms with E-state index in [0.29, 0.717) is 0 Å². The Morgan fingerprint density at radius 2 is 1.93 bits per heavy atom. The van der Waals surface area contributed by atoms with E-state index in [-0.39, 0.29) is 6.42 Å². The van der Waals surface area contributed by atoms with Crippen LogP contribution in [0.1, 0.15) is 41.0 Å². The molecule has 4 nitrogen and oxygen atoms in total. The predicted molar refractivity (Wildman–Crippen MR) is 57.2 cm³/mol. The summed E-state index contributed by atoms with van der Waals surface area (Å²) < 4.78 is 5.25. The Balaban J connectivity index is 2.78. The number of nitrogens with two attached hydrogens (primary N) is 1. The molecule has 15 heavy (non-hydrogen) atoms. The van der Waals surface area contributed by atoms with Crippen LogP contribution >= 0.6 is 0 Å². The van der Waals surface area contributed by atoms with Crippen molar-refractivity contribution in [3.8, 4) is 0 Å². The molecule has 0 spiro atoms. The summed E-state index contributed by atoms with van der Waals surface area (Å²) in [6, 6.07) is 0. The lowest BCUT2D eigenvalue weighted by molar-refractivity contribution is -0.191. The number of aliphatic hydroxyl groups excluding tert-OH is 1. The van der Waals surface area contributed by atoms with Crippen molar-refractivity contribution in [2.75, 3.05) is 0 Å². The van der Waals surface area contributed by atoms with Gasteiger partial charge in [0.25, 0.3) is 0 Å². The molecule has 2 atom stereocenters. The summed E-state index contributed by atoms with van der Waals surface area (Å²) in [7, 11) is 0. The normalized spacial score (nSPS) is 34.5. The third-order valence-corrected chi connectivity index (χ3v) is 3.26. The Labute approximate surface area is 90.8 Å².